The van der Waals surface area contributed by atoms with Gasteiger partial charge in [0.15, 0.2) is 5.75 Å². The van der Waals surface area contributed by atoms with Crippen LogP contribution in [-0.2, 0) is 0 Å². The van der Waals surface area contributed by atoms with Crippen molar-refractivity contribution in [2.45, 2.75) is 6.04 Å². The van der Waals surface area contributed by atoms with Crippen LogP contribution in [0.3, 0.4) is 0 Å². The van der Waals surface area contributed by atoms with Crippen LogP contribution in [0.25, 0.3) is 21.9 Å². The highest BCUT2D eigenvalue weighted by molar-refractivity contribution is 6.13. The molecule has 1 aliphatic carbocycles. The lowest BCUT2D eigenvalue weighted by Crippen LogP contribution is -2.29. The second kappa shape index (κ2) is 6.02. The number of aromatic nitrogens is 5. The second-order valence-corrected chi connectivity index (χ2v) is 7.55. The number of fused-ring (bicyclic) bond motifs is 4. The summed E-state index contributed by atoms with van der Waals surface area (Å²) in [6, 6.07) is 6.51. The van der Waals surface area contributed by atoms with Gasteiger partial charge in [0.25, 0.3) is 0 Å². The van der Waals surface area contributed by atoms with Crippen LogP contribution >= 0.6 is 0 Å². The summed E-state index contributed by atoms with van der Waals surface area (Å²) >= 11 is 0. The average molecular weight is 389 g/mol. The van der Waals surface area contributed by atoms with E-state index in [1.807, 2.05) is 12.1 Å². The number of nitrogens with zero attached hydrogens (tertiary/aromatic N) is 5. The van der Waals surface area contributed by atoms with Crippen molar-refractivity contribution >= 4 is 27.8 Å². The Morgan fingerprint density at radius 1 is 1.14 bits per heavy atom. The Hall–Kier alpha value is -3.46. The van der Waals surface area contributed by atoms with Gasteiger partial charge in [-0.25, -0.2) is 9.97 Å². The lowest BCUT2D eigenvalue weighted by molar-refractivity contribution is 0.419. The van der Waals surface area contributed by atoms with E-state index >= 15 is 0 Å². The van der Waals surface area contributed by atoms with Crippen LogP contribution < -0.4 is 20.1 Å². The van der Waals surface area contributed by atoms with Crippen molar-refractivity contribution in [3.8, 4) is 17.5 Å². The number of nitrogens with two attached hydrogens (primary N) is 1. The van der Waals surface area contributed by atoms with E-state index in [4.69, 9.17) is 20.2 Å². The molecular formula is C20H19N7O2. The van der Waals surface area contributed by atoms with Crippen molar-refractivity contribution in [3.05, 3.63) is 36.9 Å². The fourth-order valence-corrected chi connectivity index (χ4v) is 4.39. The van der Waals surface area contributed by atoms with Crippen molar-refractivity contribution in [1.82, 2.24) is 24.9 Å². The number of rotatable bonds is 4. The number of hydrogen-bond acceptors (Lipinski definition) is 8. The van der Waals surface area contributed by atoms with Gasteiger partial charge < -0.3 is 25.1 Å². The summed E-state index contributed by atoms with van der Waals surface area (Å²) in [5, 5.41) is 1.99. The van der Waals surface area contributed by atoms with Crippen LogP contribution in [0.5, 0.6) is 17.5 Å². The minimum absolute atomic E-state index is 0.248. The molecule has 1 saturated carbocycles. The van der Waals surface area contributed by atoms with Crippen LogP contribution in [0.1, 0.15) is 0 Å². The number of aromatic amines is 1. The number of nitrogens with one attached hydrogen (secondary N) is 1. The first-order valence-electron chi connectivity index (χ1n) is 9.53. The average Bonchev–Trinajstić information content (AvgIpc) is 3.12. The van der Waals surface area contributed by atoms with E-state index in [2.05, 4.69) is 30.9 Å². The van der Waals surface area contributed by atoms with Gasteiger partial charge in [-0.3, -0.25) is 0 Å². The van der Waals surface area contributed by atoms with Gasteiger partial charge >= 0.3 is 6.01 Å². The summed E-state index contributed by atoms with van der Waals surface area (Å²) in [7, 11) is 1.66. The van der Waals surface area contributed by atoms with Crippen molar-refractivity contribution in [2.75, 3.05) is 25.1 Å². The van der Waals surface area contributed by atoms with Crippen LogP contribution in [0.2, 0.25) is 0 Å². The van der Waals surface area contributed by atoms with Gasteiger partial charge in [0.05, 0.1) is 30.4 Å². The lowest BCUT2D eigenvalue weighted by Gasteiger charge is -2.21. The highest BCUT2D eigenvalue weighted by Crippen LogP contribution is 2.47. The number of methoxy groups -OCH3 is 1. The minimum Gasteiger partial charge on any atom is -0.495 e. The molecule has 0 radical (unpaired) electrons. The smallest absolute Gasteiger partial charge is 0.326 e. The van der Waals surface area contributed by atoms with E-state index in [-0.39, 0.29) is 6.01 Å². The van der Waals surface area contributed by atoms with Crippen LogP contribution in [0, 0.1) is 11.8 Å². The van der Waals surface area contributed by atoms with E-state index in [0.29, 0.717) is 29.3 Å². The molecule has 6 rings (SSSR count). The monoisotopic (exact) mass is 389 g/mol. The largest absolute Gasteiger partial charge is 0.495 e. The molecule has 2 fully saturated rings. The van der Waals surface area contributed by atoms with Gasteiger partial charge in [0.2, 0.25) is 0 Å². The molecule has 9 heteroatoms. The Balaban J connectivity index is 1.53. The Bertz CT molecular complexity index is 1210. The molecule has 4 aromatic rings. The molecule has 3 aromatic heterocycles. The van der Waals surface area contributed by atoms with Crippen LogP contribution in [0.4, 0.5) is 5.82 Å². The fraction of sp³-hybridized carbons (Fsp3) is 0.300. The summed E-state index contributed by atoms with van der Waals surface area (Å²) in [4.78, 5) is 23.0. The van der Waals surface area contributed by atoms with Gasteiger partial charge in [-0.2, -0.15) is 9.97 Å². The molecule has 0 bridgehead atoms. The highest BCUT2D eigenvalue weighted by Gasteiger charge is 2.54. The summed E-state index contributed by atoms with van der Waals surface area (Å²) in [6.45, 7) is 1.78. The molecule has 2 unspecified atom stereocenters. The first-order chi connectivity index (χ1) is 14.2. The van der Waals surface area contributed by atoms with Crippen molar-refractivity contribution in [1.29, 1.82) is 0 Å². The van der Waals surface area contributed by atoms with E-state index in [1.165, 1.54) is 6.33 Å². The Morgan fingerprint density at radius 2 is 1.93 bits per heavy atom. The molecular weight excluding hydrogens is 370 g/mol. The number of piperidine rings is 1. The predicted molar refractivity (Wildman–Crippen MR) is 107 cm³/mol. The molecule has 4 heterocycles. The predicted octanol–water partition coefficient (Wildman–Crippen LogP) is 2.10. The Labute approximate surface area is 165 Å². The first kappa shape index (κ1) is 16.5. The van der Waals surface area contributed by atoms with E-state index < -0.39 is 0 Å². The van der Waals surface area contributed by atoms with Crippen LogP contribution in [0.15, 0.2) is 36.9 Å². The maximum absolute atomic E-state index is 6.14. The summed E-state index contributed by atoms with van der Waals surface area (Å²) in [5.74, 6) is 3.16. The molecule has 1 aromatic carbocycles. The maximum atomic E-state index is 6.14. The molecule has 1 aliphatic heterocycles. The van der Waals surface area contributed by atoms with Gasteiger partial charge in [0, 0.05) is 24.5 Å². The SMILES string of the molecule is COc1cccc2c1[nH]c1nc(Oc3cncnc3)nc(N3CC4C(N)C4C3)c12. The Morgan fingerprint density at radius 3 is 2.69 bits per heavy atom. The third kappa shape index (κ3) is 2.51. The number of H-pyrrole nitrogens is 1. The van der Waals surface area contributed by atoms with E-state index in [1.54, 1.807) is 19.5 Å². The zero-order valence-corrected chi connectivity index (χ0v) is 15.7. The molecule has 0 spiro atoms. The number of anilines is 1. The third-order valence-corrected chi connectivity index (χ3v) is 5.93. The second-order valence-electron chi connectivity index (χ2n) is 7.55. The zero-order chi connectivity index (χ0) is 19.5. The number of benzene rings is 1. The first-order valence-corrected chi connectivity index (χ1v) is 9.53. The number of ether oxygens (including phenoxy) is 2. The normalized spacial score (nSPS) is 22.8. The lowest BCUT2D eigenvalue weighted by atomic mass is 10.2. The van der Waals surface area contributed by atoms with Crippen molar-refractivity contribution in [3.63, 3.8) is 0 Å². The third-order valence-electron chi connectivity index (χ3n) is 5.93. The summed E-state index contributed by atoms with van der Waals surface area (Å²) < 4.78 is 11.4. The molecule has 2 aliphatic rings. The summed E-state index contributed by atoms with van der Waals surface area (Å²) in [5.41, 5.74) is 7.74. The molecule has 146 valence electrons. The van der Waals surface area contributed by atoms with Gasteiger partial charge in [-0.1, -0.05) is 12.1 Å². The molecule has 9 nitrogen and oxygen atoms in total. The quantitative estimate of drug-likeness (QED) is 0.545. The molecule has 0 amide bonds. The van der Waals surface area contributed by atoms with Gasteiger partial charge in [-0.15, -0.1) is 0 Å². The standard InChI is InChI=1S/C20H19N7O2/c1-28-14-4-2-3-11-15-18(24-17(11)14)25-20(29-10-5-22-9-23-6-10)26-19(15)27-7-12-13(8-27)16(12)21/h2-6,9,12-13,16H,7-8,21H2,1H3,(H,24,25,26). The molecule has 29 heavy (non-hydrogen) atoms. The molecule has 1 saturated heterocycles. The van der Waals surface area contributed by atoms with E-state index in [9.17, 15) is 0 Å². The molecule has 3 N–H and O–H groups in total. The van der Waals surface area contributed by atoms with Crippen LogP contribution in [-0.4, -0.2) is 51.2 Å². The number of hydrogen-bond donors (Lipinski definition) is 2. The summed E-state index contributed by atoms with van der Waals surface area (Å²) in [6.07, 6.45) is 4.61. The van der Waals surface area contributed by atoms with Gasteiger partial charge in [-0.05, 0) is 17.9 Å². The Kier molecular flexibility index (Phi) is 3.42. The molecule has 2 atom stereocenters. The van der Waals surface area contributed by atoms with E-state index in [0.717, 1.165) is 40.9 Å². The topological polar surface area (TPSA) is 115 Å². The zero-order valence-electron chi connectivity index (χ0n) is 15.7. The van der Waals surface area contributed by atoms with Gasteiger partial charge in [0.1, 0.15) is 23.5 Å². The fourth-order valence-electron chi connectivity index (χ4n) is 4.39. The van der Waals surface area contributed by atoms with Crippen molar-refractivity contribution in [2.24, 2.45) is 17.6 Å². The maximum Gasteiger partial charge on any atom is 0.326 e. The number of para-hydroxylation sites is 1. The van der Waals surface area contributed by atoms with Crippen molar-refractivity contribution < 1.29 is 9.47 Å². The highest BCUT2D eigenvalue weighted by atomic mass is 16.5. The minimum atomic E-state index is 0.248.